The topological polar surface area (TPSA) is 86.1 Å². The first-order valence-electron chi connectivity index (χ1n) is 7.51. The van der Waals surface area contributed by atoms with Crippen molar-refractivity contribution < 1.29 is 9.63 Å². The summed E-state index contributed by atoms with van der Waals surface area (Å²) in [4.78, 5) is 29.2. The van der Waals surface area contributed by atoms with Crippen LogP contribution in [-0.2, 0) is 22.8 Å². The number of carbonyl (C=O) groups is 1. The summed E-state index contributed by atoms with van der Waals surface area (Å²) in [7, 11) is 0. The lowest BCUT2D eigenvalue weighted by Crippen LogP contribution is -2.29. The minimum absolute atomic E-state index is 0.0711. The van der Waals surface area contributed by atoms with Gasteiger partial charge in [-0.3, -0.25) is 14.4 Å². The molecular formula is C17H16N4O3. The summed E-state index contributed by atoms with van der Waals surface area (Å²) in [6.07, 6.45) is 0.0711. The van der Waals surface area contributed by atoms with Crippen LogP contribution in [0.1, 0.15) is 12.0 Å². The third-order valence-electron chi connectivity index (χ3n) is 3.45. The zero-order valence-corrected chi connectivity index (χ0v) is 12.9. The Labute approximate surface area is 137 Å². The number of rotatable bonds is 6. The predicted molar refractivity (Wildman–Crippen MR) is 87.8 cm³/mol. The second-order valence-corrected chi connectivity index (χ2v) is 5.18. The number of hydrogen-bond acceptors (Lipinski definition) is 5. The van der Waals surface area contributed by atoms with Crippen molar-refractivity contribution in [3.8, 4) is 0 Å². The number of nitrogens with zero attached hydrogens (tertiary/aromatic N) is 3. The minimum atomic E-state index is -0.326. The molecule has 24 heavy (non-hydrogen) atoms. The molecule has 3 aromatic rings. The SMILES string of the molecule is O=C(CCn1nnc2ccccc2c1=O)NOCc1ccccc1. The van der Waals surface area contributed by atoms with Gasteiger partial charge in [-0.2, -0.15) is 0 Å². The van der Waals surface area contributed by atoms with Gasteiger partial charge < -0.3 is 0 Å². The van der Waals surface area contributed by atoms with Crippen LogP contribution < -0.4 is 11.0 Å². The lowest BCUT2D eigenvalue weighted by molar-refractivity contribution is -0.134. The van der Waals surface area contributed by atoms with E-state index >= 15 is 0 Å². The Morgan fingerprint density at radius 3 is 2.67 bits per heavy atom. The van der Waals surface area contributed by atoms with Crippen molar-refractivity contribution in [3.63, 3.8) is 0 Å². The van der Waals surface area contributed by atoms with Crippen LogP contribution >= 0.6 is 0 Å². The molecule has 7 nitrogen and oxygen atoms in total. The zero-order valence-electron chi connectivity index (χ0n) is 12.9. The van der Waals surface area contributed by atoms with Gasteiger partial charge in [-0.15, -0.1) is 5.10 Å². The molecule has 0 fully saturated rings. The molecule has 0 aliphatic heterocycles. The Morgan fingerprint density at radius 2 is 1.83 bits per heavy atom. The molecule has 0 aliphatic carbocycles. The van der Waals surface area contributed by atoms with E-state index in [9.17, 15) is 9.59 Å². The van der Waals surface area contributed by atoms with Crippen LogP contribution in [0.25, 0.3) is 10.9 Å². The van der Waals surface area contributed by atoms with Gasteiger partial charge >= 0.3 is 0 Å². The molecule has 1 amide bonds. The monoisotopic (exact) mass is 324 g/mol. The first-order valence-corrected chi connectivity index (χ1v) is 7.51. The highest BCUT2D eigenvalue weighted by Crippen LogP contribution is 2.03. The second-order valence-electron chi connectivity index (χ2n) is 5.18. The van der Waals surface area contributed by atoms with Crippen molar-refractivity contribution >= 4 is 16.8 Å². The number of aryl methyl sites for hydroxylation is 1. The van der Waals surface area contributed by atoms with Crippen LogP contribution in [-0.4, -0.2) is 20.9 Å². The maximum atomic E-state index is 12.2. The lowest BCUT2D eigenvalue weighted by Gasteiger charge is -2.07. The summed E-state index contributed by atoms with van der Waals surface area (Å²) in [6.45, 7) is 0.416. The summed E-state index contributed by atoms with van der Waals surface area (Å²) in [5.74, 6) is -0.326. The van der Waals surface area contributed by atoms with E-state index in [1.165, 1.54) is 4.68 Å². The van der Waals surface area contributed by atoms with Crippen molar-refractivity contribution in [1.82, 2.24) is 20.5 Å². The van der Waals surface area contributed by atoms with Crippen LogP contribution in [0.3, 0.4) is 0 Å². The average Bonchev–Trinajstić information content (AvgIpc) is 2.62. The van der Waals surface area contributed by atoms with Crippen molar-refractivity contribution in [3.05, 3.63) is 70.5 Å². The Bertz CT molecular complexity index is 893. The van der Waals surface area contributed by atoms with Gasteiger partial charge in [-0.1, -0.05) is 47.7 Å². The van der Waals surface area contributed by atoms with E-state index in [4.69, 9.17) is 4.84 Å². The van der Waals surface area contributed by atoms with Gasteiger partial charge in [-0.05, 0) is 17.7 Å². The summed E-state index contributed by atoms with van der Waals surface area (Å²) in [5.41, 5.74) is 3.58. The van der Waals surface area contributed by atoms with Gasteiger partial charge in [0.1, 0.15) is 5.52 Å². The van der Waals surface area contributed by atoms with Crippen molar-refractivity contribution in [2.24, 2.45) is 0 Å². The highest BCUT2D eigenvalue weighted by Gasteiger charge is 2.07. The van der Waals surface area contributed by atoms with Gasteiger partial charge in [0, 0.05) is 6.42 Å². The Kier molecular flexibility index (Phi) is 4.93. The number of nitrogens with one attached hydrogen (secondary N) is 1. The fraction of sp³-hybridized carbons (Fsp3) is 0.176. The molecule has 2 aromatic carbocycles. The van der Waals surface area contributed by atoms with Crippen LogP contribution in [0.5, 0.6) is 0 Å². The lowest BCUT2D eigenvalue weighted by atomic mass is 10.2. The predicted octanol–water partition coefficient (Wildman–Crippen LogP) is 1.43. The molecule has 1 aromatic heterocycles. The van der Waals surface area contributed by atoms with Gasteiger partial charge in [0.05, 0.1) is 18.5 Å². The number of fused-ring (bicyclic) bond motifs is 1. The van der Waals surface area contributed by atoms with Crippen molar-refractivity contribution in [1.29, 1.82) is 0 Å². The van der Waals surface area contributed by atoms with E-state index in [1.54, 1.807) is 24.3 Å². The van der Waals surface area contributed by atoms with E-state index in [2.05, 4.69) is 15.8 Å². The number of amides is 1. The van der Waals surface area contributed by atoms with Crippen molar-refractivity contribution in [2.45, 2.75) is 19.6 Å². The maximum absolute atomic E-state index is 12.2. The Hall–Kier alpha value is -3.06. The molecule has 122 valence electrons. The van der Waals surface area contributed by atoms with Gasteiger partial charge in [0.15, 0.2) is 0 Å². The standard InChI is InChI=1S/C17H16N4O3/c22-16(19-24-12-13-6-2-1-3-7-13)10-11-21-17(23)14-8-4-5-9-15(14)18-20-21/h1-9H,10-12H2,(H,19,22). The highest BCUT2D eigenvalue weighted by molar-refractivity contribution is 5.76. The first kappa shape index (κ1) is 15.8. The minimum Gasteiger partial charge on any atom is -0.273 e. The normalized spacial score (nSPS) is 10.7. The van der Waals surface area contributed by atoms with E-state index in [0.717, 1.165) is 5.56 Å². The molecule has 0 atom stereocenters. The molecule has 0 radical (unpaired) electrons. The fourth-order valence-corrected chi connectivity index (χ4v) is 2.20. The zero-order chi connectivity index (χ0) is 16.8. The highest BCUT2D eigenvalue weighted by atomic mass is 16.6. The Morgan fingerprint density at radius 1 is 1.08 bits per heavy atom. The van der Waals surface area contributed by atoms with E-state index < -0.39 is 0 Å². The number of hydrogen-bond donors (Lipinski definition) is 1. The van der Waals surface area contributed by atoms with Gasteiger partial charge in [0.2, 0.25) is 5.91 Å². The molecule has 0 saturated carbocycles. The van der Waals surface area contributed by atoms with Crippen LogP contribution in [0.4, 0.5) is 0 Å². The number of aromatic nitrogens is 3. The third kappa shape index (κ3) is 3.82. The van der Waals surface area contributed by atoms with E-state index in [0.29, 0.717) is 10.9 Å². The summed E-state index contributed by atoms with van der Waals surface area (Å²) in [5, 5.41) is 8.29. The molecule has 3 rings (SSSR count). The smallest absolute Gasteiger partial charge is 0.273 e. The number of benzene rings is 2. The molecule has 0 aliphatic rings. The average molecular weight is 324 g/mol. The quantitative estimate of drug-likeness (QED) is 0.693. The summed E-state index contributed by atoms with van der Waals surface area (Å²) >= 11 is 0. The molecular weight excluding hydrogens is 308 g/mol. The molecule has 0 spiro atoms. The van der Waals surface area contributed by atoms with E-state index in [1.807, 2.05) is 30.3 Å². The second kappa shape index (κ2) is 7.47. The van der Waals surface area contributed by atoms with Crippen LogP contribution in [0.2, 0.25) is 0 Å². The summed E-state index contributed by atoms with van der Waals surface area (Å²) in [6, 6.07) is 16.5. The number of hydroxylamine groups is 1. The molecule has 1 heterocycles. The number of carbonyl (C=O) groups excluding carboxylic acids is 1. The van der Waals surface area contributed by atoms with Crippen LogP contribution in [0.15, 0.2) is 59.4 Å². The van der Waals surface area contributed by atoms with Gasteiger partial charge in [0.25, 0.3) is 5.56 Å². The molecule has 1 N–H and O–H groups in total. The molecule has 0 bridgehead atoms. The first-order chi connectivity index (χ1) is 11.7. The fourth-order valence-electron chi connectivity index (χ4n) is 2.20. The molecule has 0 unspecified atom stereocenters. The van der Waals surface area contributed by atoms with Crippen molar-refractivity contribution in [2.75, 3.05) is 0 Å². The maximum Gasteiger partial charge on any atom is 0.277 e. The molecule has 0 saturated heterocycles. The van der Waals surface area contributed by atoms with Crippen LogP contribution in [0, 0.1) is 0 Å². The van der Waals surface area contributed by atoms with E-state index in [-0.39, 0.29) is 31.0 Å². The van der Waals surface area contributed by atoms with Gasteiger partial charge in [-0.25, -0.2) is 10.2 Å². The largest absolute Gasteiger partial charge is 0.277 e. The third-order valence-corrected chi connectivity index (χ3v) is 3.45. The Balaban J connectivity index is 1.53. The summed E-state index contributed by atoms with van der Waals surface area (Å²) < 4.78 is 1.18. The molecule has 7 heteroatoms.